The molecule has 1 spiro atoms. The van der Waals surface area contributed by atoms with Crippen LogP contribution in [-0.4, -0.2) is 18.0 Å². The lowest BCUT2D eigenvalue weighted by molar-refractivity contribution is -0.116. The number of hydrogen-bond acceptors (Lipinski definition) is 2. The van der Waals surface area contributed by atoms with Crippen molar-refractivity contribution in [1.29, 1.82) is 0 Å². The Bertz CT molecular complexity index is 247. The largest absolute Gasteiger partial charge is 0.365 e. The van der Waals surface area contributed by atoms with Crippen LogP contribution in [0.4, 0.5) is 0 Å². The number of ketones is 1. The second-order valence-corrected chi connectivity index (χ2v) is 3.78. The van der Waals surface area contributed by atoms with Crippen molar-refractivity contribution in [3.8, 4) is 0 Å². The fraction of sp³-hybridized carbons (Fsp3) is 0.857. The van der Waals surface area contributed by atoms with Crippen molar-refractivity contribution < 1.29 is 9.53 Å². The van der Waals surface area contributed by atoms with Gasteiger partial charge in [-0.15, -0.1) is 0 Å². The third-order valence-corrected chi connectivity index (χ3v) is 3.64. The summed E-state index contributed by atoms with van der Waals surface area (Å²) in [5.74, 6) is 1.93. The Kier molecular flexibility index (Phi) is 0.270. The number of hydrogen-bond donors (Lipinski definition) is 0. The maximum atomic E-state index is 11.0. The lowest BCUT2D eigenvalue weighted by Crippen LogP contribution is -2.22. The van der Waals surface area contributed by atoms with E-state index in [0.717, 1.165) is 5.92 Å². The lowest BCUT2D eigenvalue weighted by Gasteiger charge is -2.20. The second-order valence-electron chi connectivity index (χ2n) is 3.78. The van der Waals surface area contributed by atoms with Crippen molar-refractivity contribution in [2.24, 2.45) is 17.3 Å². The van der Waals surface area contributed by atoms with Gasteiger partial charge in [-0.05, 0) is 12.3 Å². The molecular formula is C7H6O2. The van der Waals surface area contributed by atoms with Crippen LogP contribution in [0.2, 0.25) is 0 Å². The Morgan fingerprint density at radius 1 is 1.67 bits per heavy atom. The molecule has 5 unspecified atom stereocenters. The van der Waals surface area contributed by atoms with Crippen LogP contribution in [0, 0.1) is 17.3 Å². The summed E-state index contributed by atoms with van der Waals surface area (Å²) in [5, 5.41) is 0. The van der Waals surface area contributed by atoms with Crippen molar-refractivity contribution in [2.45, 2.75) is 18.6 Å². The highest BCUT2D eigenvalue weighted by Gasteiger charge is 2.93. The smallest absolute Gasteiger partial charge is 0.172 e. The molecule has 2 nitrogen and oxygen atoms in total. The van der Waals surface area contributed by atoms with Gasteiger partial charge in [0.15, 0.2) is 5.78 Å². The minimum atomic E-state index is 0.0810. The lowest BCUT2D eigenvalue weighted by atomic mass is 9.81. The SMILES string of the molecule is O=C1C2OC3C4CC12C43. The van der Waals surface area contributed by atoms with Crippen LogP contribution in [0.15, 0.2) is 0 Å². The molecule has 0 radical (unpaired) electrons. The molecule has 0 aromatic carbocycles. The molecule has 4 fully saturated rings. The van der Waals surface area contributed by atoms with E-state index in [1.54, 1.807) is 0 Å². The van der Waals surface area contributed by atoms with Crippen LogP contribution in [0.25, 0.3) is 0 Å². The van der Waals surface area contributed by atoms with E-state index in [0.29, 0.717) is 17.8 Å². The number of carbonyl (C=O) groups is 1. The van der Waals surface area contributed by atoms with Crippen LogP contribution in [0.3, 0.4) is 0 Å². The molecule has 0 N–H and O–H groups in total. The average Bonchev–Trinajstić information content (AvgIpc) is 2.52. The van der Waals surface area contributed by atoms with Crippen LogP contribution in [0.5, 0.6) is 0 Å². The Hall–Kier alpha value is -0.370. The normalized spacial score (nSPS) is 78.9. The number of carbonyl (C=O) groups excluding carboxylic acids is 1. The maximum absolute atomic E-state index is 11.0. The van der Waals surface area contributed by atoms with Crippen LogP contribution in [0.1, 0.15) is 6.42 Å². The fourth-order valence-electron chi connectivity index (χ4n) is 3.03. The quantitative estimate of drug-likeness (QED) is 0.451. The zero-order valence-corrected chi connectivity index (χ0v) is 4.83. The summed E-state index contributed by atoms with van der Waals surface area (Å²) in [6.45, 7) is 0. The number of Topliss-reactive ketones (excluding diaryl/α,β-unsaturated/α-hetero) is 1. The highest BCUT2D eigenvalue weighted by Crippen LogP contribution is 2.83. The molecule has 0 aromatic heterocycles. The van der Waals surface area contributed by atoms with Crippen LogP contribution < -0.4 is 0 Å². The van der Waals surface area contributed by atoms with Gasteiger partial charge in [0.1, 0.15) is 6.10 Å². The highest BCUT2D eigenvalue weighted by molar-refractivity contribution is 6.10. The predicted octanol–water partition coefficient (Wildman–Crippen LogP) is -0.0274. The molecule has 1 heterocycles. The van der Waals surface area contributed by atoms with Gasteiger partial charge in [-0.2, -0.15) is 0 Å². The van der Waals surface area contributed by atoms with Gasteiger partial charge in [0.2, 0.25) is 0 Å². The minimum Gasteiger partial charge on any atom is -0.365 e. The van der Waals surface area contributed by atoms with Gasteiger partial charge >= 0.3 is 0 Å². The monoisotopic (exact) mass is 122 g/mol. The number of fused-ring (bicyclic) bond motifs is 1. The van der Waals surface area contributed by atoms with E-state index in [-0.39, 0.29) is 11.5 Å². The third kappa shape index (κ3) is 0.162. The molecule has 2 heteroatoms. The van der Waals surface area contributed by atoms with Gasteiger partial charge in [-0.3, -0.25) is 4.79 Å². The maximum Gasteiger partial charge on any atom is 0.172 e. The van der Waals surface area contributed by atoms with Crippen molar-refractivity contribution in [3.05, 3.63) is 0 Å². The Labute approximate surface area is 52.2 Å². The van der Waals surface area contributed by atoms with Gasteiger partial charge in [-0.25, -0.2) is 0 Å². The first-order valence-corrected chi connectivity index (χ1v) is 3.55. The van der Waals surface area contributed by atoms with E-state index in [9.17, 15) is 4.79 Å². The number of ether oxygens (including phenoxy) is 1. The second kappa shape index (κ2) is 0.655. The summed E-state index contributed by atoms with van der Waals surface area (Å²) in [5.41, 5.74) is 0.134. The van der Waals surface area contributed by atoms with Gasteiger partial charge < -0.3 is 4.74 Å². The molecule has 0 amide bonds. The third-order valence-electron chi connectivity index (χ3n) is 3.64. The Morgan fingerprint density at radius 2 is 2.56 bits per heavy atom. The van der Waals surface area contributed by atoms with Crippen molar-refractivity contribution in [1.82, 2.24) is 0 Å². The molecule has 3 saturated carbocycles. The summed E-state index contributed by atoms with van der Waals surface area (Å²) in [6, 6.07) is 0. The van der Waals surface area contributed by atoms with Crippen LogP contribution in [-0.2, 0) is 9.53 Å². The summed E-state index contributed by atoms with van der Waals surface area (Å²) in [6.07, 6.45) is 1.79. The Balaban J connectivity index is 2.02. The zero-order chi connectivity index (χ0) is 5.80. The van der Waals surface area contributed by atoms with E-state index in [4.69, 9.17) is 4.74 Å². The molecule has 46 valence electrons. The first kappa shape index (κ1) is 3.71. The van der Waals surface area contributed by atoms with E-state index in [1.807, 2.05) is 0 Å². The summed E-state index contributed by atoms with van der Waals surface area (Å²) in [4.78, 5) is 11.0. The standard InChI is InChI=1S/C7H6O2/c8-5-6-7(5)1-2-3(7)4(2)9-6/h2-4,6H,1H2. The predicted molar refractivity (Wildman–Crippen MR) is 27.7 cm³/mol. The highest BCUT2D eigenvalue weighted by atomic mass is 16.5. The fourth-order valence-corrected chi connectivity index (χ4v) is 3.03. The molecule has 1 saturated heterocycles. The van der Waals surface area contributed by atoms with E-state index in [2.05, 4.69) is 0 Å². The molecule has 4 aliphatic rings. The first-order valence-electron chi connectivity index (χ1n) is 3.55. The number of rotatable bonds is 0. The van der Waals surface area contributed by atoms with Crippen molar-refractivity contribution in [2.75, 3.05) is 0 Å². The molecule has 9 heavy (non-hydrogen) atoms. The van der Waals surface area contributed by atoms with Crippen molar-refractivity contribution in [3.63, 3.8) is 0 Å². The molecule has 0 bridgehead atoms. The molecule has 4 rings (SSSR count). The van der Waals surface area contributed by atoms with Gasteiger partial charge in [-0.1, -0.05) is 0 Å². The molecule has 1 aliphatic heterocycles. The van der Waals surface area contributed by atoms with Gasteiger partial charge in [0, 0.05) is 5.92 Å². The van der Waals surface area contributed by atoms with E-state index < -0.39 is 0 Å². The Morgan fingerprint density at radius 3 is 3.00 bits per heavy atom. The minimum absolute atomic E-state index is 0.0810. The van der Waals surface area contributed by atoms with Crippen molar-refractivity contribution >= 4 is 5.78 Å². The molecule has 5 atom stereocenters. The van der Waals surface area contributed by atoms with E-state index >= 15 is 0 Å². The first-order chi connectivity index (χ1) is 4.36. The van der Waals surface area contributed by atoms with Crippen LogP contribution >= 0.6 is 0 Å². The van der Waals surface area contributed by atoms with E-state index in [1.165, 1.54) is 6.42 Å². The summed E-state index contributed by atoms with van der Waals surface area (Å²) < 4.78 is 5.42. The molecule has 3 aliphatic carbocycles. The summed E-state index contributed by atoms with van der Waals surface area (Å²) in [7, 11) is 0. The van der Waals surface area contributed by atoms with Gasteiger partial charge in [0.25, 0.3) is 0 Å². The molecule has 0 aromatic rings. The average molecular weight is 122 g/mol. The summed E-state index contributed by atoms with van der Waals surface area (Å²) >= 11 is 0. The molecular weight excluding hydrogens is 116 g/mol. The zero-order valence-electron chi connectivity index (χ0n) is 4.83. The van der Waals surface area contributed by atoms with Gasteiger partial charge in [0.05, 0.1) is 11.5 Å². The topological polar surface area (TPSA) is 26.3 Å².